The van der Waals surface area contributed by atoms with Gasteiger partial charge in [0.05, 0.1) is 0 Å². The van der Waals surface area contributed by atoms with Crippen molar-refractivity contribution in [3.05, 3.63) is 42.0 Å². The molecule has 1 atom stereocenters. The Labute approximate surface area is 116 Å². The van der Waals surface area contributed by atoms with Crippen LogP contribution in [0.1, 0.15) is 24.2 Å². The van der Waals surface area contributed by atoms with E-state index < -0.39 is 12.0 Å². The van der Waals surface area contributed by atoms with Crippen molar-refractivity contribution in [2.75, 3.05) is 5.43 Å². The molecule has 3 N–H and O–H groups in total. The Bertz CT molecular complexity index is 667. The number of hydrogen-bond acceptors (Lipinski definition) is 4. The van der Waals surface area contributed by atoms with Crippen molar-refractivity contribution in [1.29, 1.82) is 0 Å². The third kappa shape index (κ3) is 3.13. The maximum Gasteiger partial charge on any atom is 0.322 e. The van der Waals surface area contributed by atoms with Gasteiger partial charge in [-0.3, -0.25) is 9.59 Å². The molecule has 2 aromatic carbocycles. The normalized spacial score (nSPS) is 12.1. The maximum atomic E-state index is 11.3. The number of rotatable bonds is 5. The van der Waals surface area contributed by atoms with Gasteiger partial charge in [-0.15, -0.1) is 0 Å². The van der Waals surface area contributed by atoms with Gasteiger partial charge in [0, 0.05) is 11.3 Å². The standard InChI is InChI=1S/C15H16N2O3/c1-9(15(19)20)16-17-14-6-5-12-7-11(10(2)18)3-4-13(12)8-14/h3-9,16-17H,1-2H3,(H,19,20)/t9-/m0/s1. The minimum absolute atomic E-state index is 0.0334. The largest absolute Gasteiger partial charge is 0.480 e. The minimum Gasteiger partial charge on any atom is -0.480 e. The van der Waals surface area contributed by atoms with E-state index in [9.17, 15) is 9.59 Å². The Morgan fingerprint density at radius 2 is 1.75 bits per heavy atom. The third-order valence-corrected chi connectivity index (χ3v) is 3.05. The van der Waals surface area contributed by atoms with E-state index in [4.69, 9.17) is 5.11 Å². The first-order valence-corrected chi connectivity index (χ1v) is 6.26. The number of ketones is 1. The number of carbonyl (C=O) groups excluding carboxylic acids is 1. The molecule has 0 aliphatic heterocycles. The zero-order chi connectivity index (χ0) is 14.7. The van der Waals surface area contributed by atoms with Crippen molar-refractivity contribution >= 4 is 28.2 Å². The molecule has 0 spiro atoms. The Hall–Kier alpha value is -2.40. The van der Waals surface area contributed by atoms with Crippen LogP contribution in [0.4, 0.5) is 5.69 Å². The van der Waals surface area contributed by atoms with Crippen LogP contribution in [-0.4, -0.2) is 22.9 Å². The monoisotopic (exact) mass is 272 g/mol. The van der Waals surface area contributed by atoms with Gasteiger partial charge >= 0.3 is 5.97 Å². The number of Topliss-reactive ketones (excluding diaryl/α,β-unsaturated/α-hetero) is 1. The zero-order valence-corrected chi connectivity index (χ0v) is 11.3. The van der Waals surface area contributed by atoms with Gasteiger partial charge in [0.15, 0.2) is 5.78 Å². The van der Waals surface area contributed by atoms with E-state index >= 15 is 0 Å². The van der Waals surface area contributed by atoms with E-state index in [1.54, 1.807) is 13.0 Å². The van der Waals surface area contributed by atoms with Crippen LogP contribution in [0.5, 0.6) is 0 Å². The summed E-state index contributed by atoms with van der Waals surface area (Å²) in [6.45, 7) is 3.09. The van der Waals surface area contributed by atoms with Crippen LogP contribution >= 0.6 is 0 Å². The zero-order valence-electron chi connectivity index (χ0n) is 11.3. The summed E-state index contributed by atoms with van der Waals surface area (Å²) in [6, 6.07) is 10.4. The molecule has 0 fully saturated rings. The van der Waals surface area contributed by atoms with E-state index in [0.717, 1.165) is 16.5 Å². The molecule has 5 nitrogen and oxygen atoms in total. The van der Waals surface area contributed by atoms with Crippen LogP contribution in [0.15, 0.2) is 36.4 Å². The van der Waals surface area contributed by atoms with Crippen molar-refractivity contribution in [1.82, 2.24) is 5.43 Å². The number of fused-ring (bicyclic) bond motifs is 1. The summed E-state index contributed by atoms with van der Waals surface area (Å²) in [5, 5.41) is 10.7. The highest BCUT2D eigenvalue weighted by atomic mass is 16.4. The molecule has 0 aliphatic rings. The topological polar surface area (TPSA) is 78.4 Å². The van der Waals surface area contributed by atoms with Crippen LogP contribution in [0.25, 0.3) is 10.8 Å². The predicted octanol–water partition coefficient (Wildman–Crippen LogP) is 2.43. The molecule has 2 aromatic rings. The number of carboxylic acids is 1. The van der Waals surface area contributed by atoms with Crippen LogP contribution in [0, 0.1) is 0 Å². The molecule has 0 unspecified atom stereocenters. The number of carbonyl (C=O) groups is 2. The molecule has 0 aromatic heterocycles. The third-order valence-electron chi connectivity index (χ3n) is 3.05. The average Bonchev–Trinajstić information content (AvgIpc) is 2.43. The van der Waals surface area contributed by atoms with Crippen molar-refractivity contribution < 1.29 is 14.7 Å². The van der Waals surface area contributed by atoms with E-state index in [2.05, 4.69) is 10.9 Å². The second-order valence-corrected chi connectivity index (χ2v) is 4.66. The van der Waals surface area contributed by atoms with E-state index in [1.807, 2.05) is 30.3 Å². The summed E-state index contributed by atoms with van der Waals surface area (Å²) in [4.78, 5) is 22.0. The minimum atomic E-state index is -0.926. The summed E-state index contributed by atoms with van der Waals surface area (Å²) < 4.78 is 0. The van der Waals surface area contributed by atoms with Gasteiger partial charge in [-0.25, -0.2) is 5.43 Å². The lowest BCUT2D eigenvalue weighted by atomic mass is 10.0. The van der Waals surface area contributed by atoms with Gasteiger partial charge in [0.25, 0.3) is 0 Å². The number of hydrazine groups is 1. The van der Waals surface area contributed by atoms with Crippen LogP contribution in [0.2, 0.25) is 0 Å². The van der Waals surface area contributed by atoms with Crippen LogP contribution in [-0.2, 0) is 4.79 Å². The SMILES string of the molecule is CC(=O)c1ccc2cc(NN[C@@H](C)C(=O)O)ccc2c1. The molecule has 0 saturated heterocycles. The van der Waals surface area contributed by atoms with Gasteiger partial charge in [0.2, 0.25) is 0 Å². The van der Waals surface area contributed by atoms with Crippen molar-refractivity contribution in [2.45, 2.75) is 19.9 Å². The first-order chi connectivity index (χ1) is 9.47. The van der Waals surface area contributed by atoms with Crippen molar-refractivity contribution in [3.63, 3.8) is 0 Å². The maximum absolute atomic E-state index is 11.3. The number of aliphatic carboxylic acids is 1. The molecule has 5 heteroatoms. The van der Waals surface area contributed by atoms with Crippen LogP contribution < -0.4 is 10.9 Å². The highest BCUT2D eigenvalue weighted by Gasteiger charge is 2.09. The summed E-state index contributed by atoms with van der Waals surface area (Å²) >= 11 is 0. The second kappa shape index (κ2) is 5.71. The fourth-order valence-electron chi connectivity index (χ4n) is 1.80. The van der Waals surface area contributed by atoms with E-state index in [1.165, 1.54) is 6.92 Å². The quantitative estimate of drug-likeness (QED) is 0.575. The number of hydrogen-bond donors (Lipinski definition) is 3. The van der Waals surface area contributed by atoms with Gasteiger partial charge in [-0.2, -0.15) is 0 Å². The van der Waals surface area contributed by atoms with Crippen molar-refractivity contribution in [3.8, 4) is 0 Å². The summed E-state index contributed by atoms with van der Waals surface area (Å²) in [5.41, 5.74) is 6.99. The van der Waals surface area contributed by atoms with Gasteiger partial charge < -0.3 is 10.5 Å². The lowest BCUT2D eigenvalue weighted by Gasteiger charge is -2.12. The predicted molar refractivity (Wildman–Crippen MR) is 77.8 cm³/mol. The highest BCUT2D eigenvalue weighted by molar-refractivity contribution is 5.99. The Morgan fingerprint density at radius 1 is 1.10 bits per heavy atom. The molecule has 0 bridgehead atoms. The molecule has 0 aliphatic carbocycles. The Kier molecular flexibility index (Phi) is 4.00. The molecule has 2 rings (SSSR count). The highest BCUT2D eigenvalue weighted by Crippen LogP contribution is 2.20. The first-order valence-electron chi connectivity index (χ1n) is 6.26. The molecule has 20 heavy (non-hydrogen) atoms. The molecule has 104 valence electrons. The van der Waals surface area contributed by atoms with E-state index in [-0.39, 0.29) is 5.78 Å². The average molecular weight is 272 g/mol. The second-order valence-electron chi connectivity index (χ2n) is 4.66. The summed E-state index contributed by atoms with van der Waals surface area (Å²) in [5.74, 6) is -0.893. The summed E-state index contributed by atoms with van der Waals surface area (Å²) in [7, 11) is 0. The molecular weight excluding hydrogens is 256 g/mol. The van der Waals surface area contributed by atoms with Gasteiger partial charge in [0.1, 0.15) is 6.04 Å². The fourth-order valence-corrected chi connectivity index (χ4v) is 1.80. The van der Waals surface area contributed by atoms with Crippen LogP contribution in [0.3, 0.4) is 0 Å². The number of anilines is 1. The number of carboxylic acid groups (broad SMARTS) is 1. The molecule has 0 heterocycles. The van der Waals surface area contributed by atoms with E-state index in [0.29, 0.717) is 5.56 Å². The lowest BCUT2D eigenvalue weighted by molar-refractivity contribution is -0.138. The summed E-state index contributed by atoms with van der Waals surface area (Å²) in [6.07, 6.45) is 0. The fraction of sp³-hybridized carbons (Fsp3) is 0.200. The Balaban J connectivity index is 2.19. The van der Waals surface area contributed by atoms with Gasteiger partial charge in [-0.1, -0.05) is 18.2 Å². The molecule has 0 amide bonds. The molecule has 0 radical (unpaired) electrons. The molecular formula is C15H16N2O3. The lowest BCUT2D eigenvalue weighted by Crippen LogP contribution is -2.37. The Morgan fingerprint density at radius 3 is 2.40 bits per heavy atom. The van der Waals surface area contributed by atoms with Crippen molar-refractivity contribution in [2.24, 2.45) is 0 Å². The number of nitrogens with one attached hydrogen (secondary N) is 2. The number of benzene rings is 2. The first kappa shape index (κ1) is 14.0. The smallest absolute Gasteiger partial charge is 0.322 e. The van der Waals surface area contributed by atoms with Gasteiger partial charge in [-0.05, 0) is 42.8 Å². The molecule has 0 saturated carbocycles.